The quantitative estimate of drug-likeness (QED) is 0.599. The van der Waals surface area contributed by atoms with Crippen molar-refractivity contribution >= 4 is 37.3 Å². The van der Waals surface area contributed by atoms with E-state index in [9.17, 15) is 21.6 Å². The summed E-state index contributed by atoms with van der Waals surface area (Å²) in [4.78, 5) is 12.4. The Morgan fingerprint density at radius 1 is 1.10 bits per heavy atom. The highest BCUT2D eigenvalue weighted by Gasteiger charge is 2.28. The molecule has 1 amide bonds. The van der Waals surface area contributed by atoms with E-state index in [1.54, 1.807) is 48.5 Å². The van der Waals surface area contributed by atoms with Gasteiger partial charge in [-0.15, -0.1) is 6.58 Å². The van der Waals surface area contributed by atoms with Crippen LogP contribution in [0.5, 0.6) is 0 Å². The molecule has 3 rings (SSSR count). The first-order valence-electron chi connectivity index (χ1n) is 9.29. The Bertz CT molecular complexity index is 1130. The summed E-state index contributed by atoms with van der Waals surface area (Å²) >= 11 is 0. The summed E-state index contributed by atoms with van der Waals surface area (Å²) in [5.74, 6) is -0.383. The summed E-state index contributed by atoms with van der Waals surface area (Å²) in [6.07, 6.45) is 2.05. The standard InChI is InChI=1S/C20H23N3O5S2/c1-2-12-21-29(25,26)15-16-4-8-18(9-5-16)22-20(24)17-6-10-19(11-7-17)23-13-3-14-30(23,27)28/h2,4-11,21H,1,3,12-15H2,(H,22,24). The first kappa shape index (κ1) is 22.0. The third-order valence-electron chi connectivity index (χ3n) is 4.53. The Balaban J connectivity index is 1.62. The summed E-state index contributed by atoms with van der Waals surface area (Å²) < 4.78 is 51.5. The molecule has 8 nitrogen and oxygen atoms in total. The first-order chi connectivity index (χ1) is 14.2. The monoisotopic (exact) mass is 449 g/mol. The van der Waals surface area contributed by atoms with Gasteiger partial charge in [0.15, 0.2) is 0 Å². The average molecular weight is 450 g/mol. The van der Waals surface area contributed by atoms with Crippen molar-refractivity contribution in [2.75, 3.05) is 28.5 Å². The molecular formula is C20H23N3O5S2. The highest BCUT2D eigenvalue weighted by molar-refractivity contribution is 7.93. The van der Waals surface area contributed by atoms with Gasteiger partial charge < -0.3 is 5.32 Å². The van der Waals surface area contributed by atoms with Gasteiger partial charge in [0, 0.05) is 24.3 Å². The molecule has 1 aliphatic heterocycles. The number of carbonyl (C=O) groups excluding carboxylic acids is 1. The van der Waals surface area contributed by atoms with Crippen molar-refractivity contribution in [1.29, 1.82) is 0 Å². The number of carbonyl (C=O) groups is 1. The topological polar surface area (TPSA) is 113 Å². The van der Waals surface area contributed by atoms with E-state index in [-0.39, 0.29) is 24.0 Å². The van der Waals surface area contributed by atoms with E-state index in [2.05, 4.69) is 16.6 Å². The maximum atomic E-state index is 12.4. The molecule has 0 radical (unpaired) electrons. The molecule has 1 heterocycles. The minimum absolute atomic E-state index is 0.136. The zero-order valence-corrected chi connectivity index (χ0v) is 17.9. The molecule has 0 bridgehead atoms. The number of rotatable bonds is 8. The molecule has 160 valence electrons. The van der Waals surface area contributed by atoms with E-state index in [0.29, 0.717) is 35.5 Å². The average Bonchev–Trinajstić information content (AvgIpc) is 3.07. The molecule has 2 aromatic rings. The molecule has 30 heavy (non-hydrogen) atoms. The molecule has 2 N–H and O–H groups in total. The lowest BCUT2D eigenvalue weighted by atomic mass is 10.1. The van der Waals surface area contributed by atoms with Crippen molar-refractivity contribution in [2.45, 2.75) is 12.2 Å². The summed E-state index contributed by atoms with van der Waals surface area (Å²) in [6, 6.07) is 12.9. The number of hydrogen-bond acceptors (Lipinski definition) is 5. The van der Waals surface area contributed by atoms with Gasteiger partial charge in [0.2, 0.25) is 20.0 Å². The summed E-state index contributed by atoms with van der Waals surface area (Å²) in [5.41, 5.74) is 2.03. The SMILES string of the molecule is C=CCNS(=O)(=O)Cc1ccc(NC(=O)c2ccc(N3CCCS3(=O)=O)cc2)cc1. The third kappa shape index (κ3) is 5.47. The molecule has 1 fully saturated rings. The third-order valence-corrected chi connectivity index (χ3v) is 7.72. The maximum absolute atomic E-state index is 12.4. The Morgan fingerprint density at radius 2 is 1.77 bits per heavy atom. The Kier molecular flexibility index (Phi) is 6.59. The van der Waals surface area contributed by atoms with Gasteiger partial charge in [-0.2, -0.15) is 0 Å². The van der Waals surface area contributed by atoms with Crippen molar-refractivity contribution in [3.63, 3.8) is 0 Å². The fourth-order valence-corrected chi connectivity index (χ4v) is 5.72. The minimum Gasteiger partial charge on any atom is -0.322 e. The van der Waals surface area contributed by atoms with E-state index < -0.39 is 20.0 Å². The number of nitrogens with zero attached hydrogens (tertiary/aromatic N) is 1. The van der Waals surface area contributed by atoms with Crippen LogP contribution in [-0.2, 0) is 25.8 Å². The van der Waals surface area contributed by atoms with Gasteiger partial charge in [-0.3, -0.25) is 9.10 Å². The Labute approximate surface area is 176 Å². The number of sulfonamides is 2. The maximum Gasteiger partial charge on any atom is 0.255 e. The van der Waals surface area contributed by atoms with E-state index in [4.69, 9.17) is 0 Å². The minimum atomic E-state index is -3.45. The lowest BCUT2D eigenvalue weighted by molar-refractivity contribution is 0.102. The molecule has 2 aromatic carbocycles. The van der Waals surface area contributed by atoms with Crippen molar-refractivity contribution in [3.05, 3.63) is 72.3 Å². The van der Waals surface area contributed by atoms with Crippen LogP contribution < -0.4 is 14.3 Å². The molecule has 0 spiro atoms. The van der Waals surface area contributed by atoms with Crippen LogP contribution in [0.3, 0.4) is 0 Å². The van der Waals surface area contributed by atoms with E-state index in [1.165, 1.54) is 10.4 Å². The van der Waals surface area contributed by atoms with Gasteiger partial charge in [-0.05, 0) is 48.4 Å². The molecule has 0 saturated carbocycles. The van der Waals surface area contributed by atoms with E-state index >= 15 is 0 Å². The van der Waals surface area contributed by atoms with Crippen LogP contribution in [0.4, 0.5) is 11.4 Å². The van der Waals surface area contributed by atoms with Gasteiger partial charge in [0.25, 0.3) is 5.91 Å². The van der Waals surface area contributed by atoms with Crippen LogP contribution in [0.2, 0.25) is 0 Å². The molecular weight excluding hydrogens is 426 g/mol. The second kappa shape index (κ2) is 8.99. The van der Waals surface area contributed by atoms with Crippen LogP contribution in [0.25, 0.3) is 0 Å². The number of anilines is 2. The van der Waals surface area contributed by atoms with Crippen LogP contribution in [-0.4, -0.2) is 41.6 Å². The van der Waals surface area contributed by atoms with Crippen molar-refractivity contribution in [1.82, 2.24) is 4.72 Å². The van der Waals surface area contributed by atoms with Gasteiger partial charge in [0.05, 0.1) is 17.2 Å². The number of nitrogens with one attached hydrogen (secondary N) is 2. The fraction of sp³-hybridized carbons (Fsp3) is 0.250. The Hall–Kier alpha value is -2.69. The lowest BCUT2D eigenvalue weighted by Crippen LogP contribution is -2.25. The predicted molar refractivity (Wildman–Crippen MR) is 117 cm³/mol. The van der Waals surface area contributed by atoms with Gasteiger partial charge in [-0.25, -0.2) is 21.6 Å². The van der Waals surface area contributed by atoms with Gasteiger partial charge in [0.1, 0.15) is 0 Å². The van der Waals surface area contributed by atoms with E-state index in [1.807, 2.05) is 0 Å². The zero-order valence-electron chi connectivity index (χ0n) is 16.2. The van der Waals surface area contributed by atoms with Gasteiger partial charge >= 0.3 is 0 Å². The normalized spacial score (nSPS) is 15.7. The molecule has 0 aromatic heterocycles. The molecule has 0 aliphatic carbocycles. The van der Waals surface area contributed by atoms with Crippen molar-refractivity contribution < 1.29 is 21.6 Å². The summed E-state index contributed by atoms with van der Waals surface area (Å²) in [7, 11) is -6.71. The molecule has 1 aliphatic rings. The first-order valence-corrected chi connectivity index (χ1v) is 12.6. The smallest absolute Gasteiger partial charge is 0.255 e. The number of hydrogen-bond donors (Lipinski definition) is 2. The number of amides is 1. The molecule has 10 heteroatoms. The lowest BCUT2D eigenvalue weighted by Gasteiger charge is -2.17. The fourth-order valence-electron chi connectivity index (χ4n) is 3.05. The molecule has 1 saturated heterocycles. The Morgan fingerprint density at radius 3 is 2.33 bits per heavy atom. The largest absolute Gasteiger partial charge is 0.322 e. The second-order valence-electron chi connectivity index (χ2n) is 6.84. The molecule has 0 unspecified atom stereocenters. The number of benzene rings is 2. The highest BCUT2D eigenvalue weighted by atomic mass is 32.2. The van der Waals surface area contributed by atoms with Crippen molar-refractivity contribution in [3.8, 4) is 0 Å². The van der Waals surface area contributed by atoms with Gasteiger partial charge in [-0.1, -0.05) is 18.2 Å². The zero-order chi connectivity index (χ0) is 21.8. The van der Waals surface area contributed by atoms with Crippen LogP contribution in [0.15, 0.2) is 61.2 Å². The summed E-state index contributed by atoms with van der Waals surface area (Å²) in [5, 5.41) is 2.74. The van der Waals surface area contributed by atoms with Crippen LogP contribution >= 0.6 is 0 Å². The predicted octanol–water partition coefficient (Wildman–Crippen LogP) is 2.08. The second-order valence-corrected chi connectivity index (χ2v) is 10.7. The summed E-state index contributed by atoms with van der Waals surface area (Å²) in [6.45, 7) is 4.08. The molecule has 0 atom stereocenters. The van der Waals surface area contributed by atoms with Crippen molar-refractivity contribution in [2.24, 2.45) is 0 Å². The van der Waals surface area contributed by atoms with E-state index in [0.717, 1.165) is 0 Å². The highest BCUT2D eigenvalue weighted by Crippen LogP contribution is 2.24. The van der Waals surface area contributed by atoms with Crippen LogP contribution in [0.1, 0.15) is 22.3 Å². The van der Waals surface area contributed by atoms with Crippen LogP contribution in [0, 0.1) is 0 Å².